The SMILES string of the molecule is COc1ccc(N(N)/C=N\N)c(CNC=O)c1F. The Bertz CT molecular complexity index is 452. The van der Waals surface area contributed by atoms with Gasteiger partial charge in [-0.3, -0.25) is 9.80 Å². The highest BCUT2D eigenvalue weighted by Gasteiger charge is 2.16. The van der Waals surface area contributed by atoms with Gasteiger partial charge < -0.3 is 15.9 Å². The number of nitrogens with zero attached hydrogens (tertiary/aromatic N) is 2. The van der Waals surface area contributed by atoms with E-state index in [1.807, 2.05) is 0 Å². The standard InChI is InChI=1S/C10H14FN5O2/c1-18-9-3-2-8(16(13)5-15-12)7(10(9)11)4-14-6-17/h2-3,5-6H,4,12-13H2,1H3,(H,14,17)/b15-5-. The second kappa shape index (κ2) is 6.40. The van der Waals surface area contributed by atoms with Crippen molar-refractivity contribution in [1.82, 2.24) is 5.32 Å². The molecule has 7 nitrogen and oxygen atoms in total. The van der Waals surface area contributed by atoms with Gasteiger partial charge in [-0.15, -0.1) is 0 Å². The number of methoxy groups -OCH3 is 1. The zero-order valence-corrected chi connectivity index (χ0v) is 9.76. The van der Waals surface area contributed by atoms with Gasteiger partial charge in [0.1, 0.15) is 6.34 Å². The third-order valence-electron chi connectivity index (χ3n) is 2.23. The van der Waals surface area contributed by atoms with Crippen LogP contribution in [-0.2, 0) is 11.3 Å². The van der Waals surface area contributed by atoms with E-state index in [2.05, 4.69) is 10.4 Å². The summed E-state index contributed by atoms with van der Waals surface area (Å²) in [6.07, 6.45) is 1.58. The molecule has 98 valence electrons. The minimum Gasteiger partial charge on any atom is -0.494 e. The zero-order valence-electron chi connectivity index (χ0n) is 9.76. The molecule has 0 fully saturated rings. The molecule has 18 heavy (non-hydrogen) atoms. The van der Waals surface area contributed by atoms with Crippen LogP contribution in [-0.4, -0.2) is 19.9 Å². The summed E-state index contributed by atoms with van der Waals surface area (Å²) < 4.78 is 18.9. The summed E-state index contributed by atoms with van der Waals surface area (Å²) in [6.45, 7) is -0.0338. The van der Waals surface area contributed by atoms with Crippen LogP contribution in [0.1, 0.15) is 5.56 Å². The molecule has 0 unspecified atom stereocenters. The summed E-state index contributed by atoms with van der Waals surface area (Å²) in [5, 5.41) is 6.64. The Kier molecular flexibility index (Phi) is 4.88. The maximum atomic E-state index is 14.0. The van der Waals surface area contributed by atoms with E-state index < -0.39 is 5.82 Å². The number of nitrogens with one attached hydrogen (secondary N) is 1. The maximum Gasteiger partial charge on any atom is 0.207 e. The highest BCUT2D eigenvalue weighted by Crippen LogP contribution is 2.28. The average molecular weight is 255 g/mol. The van der Waals surface area contributed by atoms with Crippen molar-refractivity contribution in [2.75, 3.05) is 12.1 Å². The monoisotopic (exact) mass is 255 g/mol. The third-order valence-corrected chi connectivity index (χ3v) is 2.23. The van der Waals surface area contributed by atoms with E-state index in [-0.39, 0.29) is 17.9 Å². The predicted octanol–water partition coefficient (Wildman–Crippen LogP) is -0.338. The summed E-state index contributed by atoms with van der Waals surface area (Å²) in [5.74, 6) is 10.0. The van der Waals surface area contributed by atoms with Gasteiger partial charge in [-0.05, 0) is 12.1 Å². The van der Waals surface area contributed by atoms with E-state index in [0.29, 0.717) is 12.1 Å². The van der Waals surface area contributed by atoms with Gasteiger partial charge in [0.05, 0.1) is 12.8 Å². The number of amides is 1. The number of anilines is 1. The zero-order chi connectivity index (χ0) is 13.5. The van der Waals surface area contributed by atoms with E-state index in [1.54, 1.807) is 0 Å². The van der Waals surface area contributed by atoms with Crippen LogP contribution < -0.4 is 26.7 Å². The van der Waals surface area contributed by atoms with Crippen LogP contribution in [0.3, 0.4) is 0 Å². The fourth-order valence-corrected chi connectivity index (χ4v) is 1.44. The largest absolute Gasteiger partial charge is 0.494 e. The molecule has 0 saturated carbocycles. The Labute approximate surface area is 103 Å². The maximum absolute atomic E-state index is 14.0. The molecule has 0 saturated heterocycles. The minimum absolute atomic E-state index is 0.0338. The summed E-state index contributed by atoms with van der Waals surface area (Å²) in [4.78, 5) is 10.3. The Morgan fingerprint density at radius 2 is 2.33 bits per heavy atom. The molecule has 0 aliphatic heterocycles. The molecular weight excluding hydrogens is 241 g/mol. The van der Waals surface area contributed by atoms with Gasteiger partial charge in [-0.2, -0.15) is 5.10 Å². The first-order valence-corrected chi connectivity index (χ1v) is 4.95. The van der Waals surface area contributed by atoms with E-state index in [9.17, 15) is 9.18 Å². The molecular formula is C10H14FN5O2. The first-order chi connectivity index (χ1) is 8.65. The molecule has 0 spiro atoms. The van der Waals surface area contributed by atoms with Gasteiger partial charge in [-0.25, -0.2) is 10.2 Å². The van der Waals surface area contributed by atoms with Gasteiger partial charge in [0.25, 0.3) is 0 Å². The lowest BCUT2D eigenvalue weighted by molar-refractivity contribution is -0.109. The number of halogens is 1. The van der Waals surface area contributed by atoms with Crippen LogP contribution in [0.5, 0.6) is 5.75 Å². The number of hydrogen-bond donors (Lipinski definition) is 3. The van der Waals surface area contributed by atoms with Gasteiger partial charge in [0.15, 0.2) is 11.6 Å². The van der Waals surface area contributed by atoms with Crippen molar-refractivity contribution in [1.29, 1.82) is 0 Å². The second-order valence-corrected chi connectivity index (χ2v) is 3.25. The quantitative estimate of drug-likeness (QED) is 0.212. The second-order valence-electron chi connectivity index (χ2n) is 3.25. The van der Waals surface area contributed by atoms with Gasteiger partial charge >= 0.3 is 0 Å². The van der Waals surface area contributed by atoms with Crippen LogP contribution in [0.25, 0.3) is 0 Å². The third kappa shape index (κ3) is 2.86. The Balaban J connectivity index is 3.23. The van der Waals surface area contributed by atoms with Crippen LogP contribution in [0.2, 0.25) is 0 Å². The molecule has 1 amide bonds. The van der Waals surface area contributed by atoms with E-state index >= 15 is 0 Å². The predicted molar refractivity (Wildman–Crippen MR) is 65.2 cm³/mol. The van der Waals surface area contributed by atoms with Gasteiger partial charge in [0.2, 0.25) is 6.41 Å². The van der Waals surface area contributed by atoms with Crippen molar-refractivity contribution in [3.05, 3.63) is 23.5 Å². The van der Waals surface area contributed by atoms with E-state index in [4.69, 9.17) is 16.4 Å². The molecule has 0 aromatic heterocycles. The van der Waals surface area contributed by atoms with Gasteiger partial charge in [-0.1, -0.05) is 0 Å². The van der Waals surface area contributed by atoms with Crippen LogP contribution in [0, 0.1) is 5.82 Å². The van der Waals surface area contributed by atoms with E-state index in [1.165, 1.54) is 19.2 Å². The first-order valence-electron chi connectivity index (χ1n) is 4.95. The molecule has 1 rings (SSSR count). The van der Waals surface area contributed by atoms with Crippen molar-refractivity contribution in [3.8, 4) is 5.75 Å². The molecule has 0 atom stereocenters. The Morgan fingerprint density at radius 1 is 1.61 bits per heavy atom. The lowest BCUT2D eigenvalue weighted by Crippen LogP contribution is -2.31. The molecule has 0 heterocycles. The number of hydrazone groups is 1. The van der Waals surface area contributed by atoms with Crippen molar-refractivity contribution in [2.24, 2.45) is 16.8 Å². The lowest BCUT2D eigenvalue weighted by Gasteiger charge is -2.18. The first kappa shape index (κ1) is 13.7. The van der Waals surface area contributed by atoms with Crippen molar-refractivity contribution in [3.63, 3.8) is 0 Å². The fourth-order valence-electron chi connectivity index (χ4n) is 1.44. The summed E-state index contributed by atoms with van der Waals surface area (Å²) in [7, 11) is 1.34. The van der Waals surface area contributed by atoms with Crippen molar-refractivity contribution >= 4 is 18.4 Å². The van der Waals surface area contributed by atoms with Crippen LogP contribution in [0.15, 0.2) is 17.2 Å². The molecule has 8 heteroatoms. The number of benzene rings is 1. The number of nitrogens with two attached hydrogens (primary N) is 2. The number of rotatable bonds is 6. The number of carbonyl (C=O) groups excluding carboxylic acids is 1. The number of ether oxygens (including phenoxy) is 1. The normalized spacial score (nSPS) is 10.4. The van der Waals surface area contributed by atoms with E-state index in [0.717, 1.165) is 11.3 Å². The number of hydrazine groups is 1. The van der Waals surface area contributed by atoms with Crippen LogP contribution in [0.4, 0.5) is 10.1 Å². The molecule has 0 aliphatic carbocycles. The highest BCUT2D eigenvalue weighted by atomic mass is 19.1. The topological polar surface area (TPSA) is 106 Å². The Hall–Kier alpha value is -2.35. The molecule has 1 aromatic rings. The van der Waals surface area contributed by atoms with Crippen molar-refractivity contribution < 1.29 is 13.9 Å². The molecule has 5 N–H and O–H groups in total. The minimum atomic E-state index is -0.606. The Morgan fingerprint density at radius 3 is 2.89 bits per heavy atom. The molecule has 0 aliphatic rings. The molecule has 0 radical (unpaired) electrons. The lowest BCUT2D eigenvalue weighted by atomic mass is 10.1. The van der Waals surface area contributed by atoms with Crippen LogP contribution >= 0.6 is 0 Å². The summed E-state index contributed by atoms with van der Waals surface area (Å²) in [5.41, 5.74) is 0.487. The molecule has 0 bridgehead atoms. The average Bonchev–Trinajstić information content (AvgIpc) is 2.37. The summed E-state index contributed by atoms with van der Waals surface area (Å²) >= 11 is 0. The van der Waals surface area contributed by atoms with Gasteiger partial charge in [0, 0.05) is 12.1 Å². The van der Waals surface area contributed by atoms with Crippen molar-refractivity contribution in [2.45, 2.75) is 6.54 Å². The fraction of sp³-hybridized carbons (Fsp3) is 0.200. The smallest absolute Gasteiger partial charge is 0.207 e. The molecule has 1 aromatic carbocycles. The number of hydrogen-bond acceptors (Lipinski definition) is 5. The highest BCUT2D eigenvalue weighted by molar-refractivity contribution is 5.79. The summed E-state index contributed by atoms with van der Waals surface area (Å²) in [6, 6.07) is 2.95. The number of carbonyl (C=O) groups is 1.